The van der Waals surface area contributed by atoms with Crippen molar-refractivity contribution in [2.45, 2.75) is 31.4 Å². The summed E-state index contributed by atoms with van der Waals surface area (Å²) in [5, 5.41) is 4.31. The lowest BCUT2D eigenvalue weighted by molar-refractivity contribution is -0.150. The first-order valence-electron chi connectivity index (χ1n) is 10.6. The summed E-state index contributed by atoms with van der Waals surface area (Å²) < 4.78 is 26.9. The minimum Gasteiger partial charge on any atom is -0.484 e. The van der Waals surface area contributed by atoms with E-state index in [1.165, 1.54) is 31.4 Å². The van der Waals surface area contributed by atoms with Crippen molar-refractivity contribution in [3.63, 3.8) is 0 Å². The predicted molar refractivity (Wildman–Crippen MR) is 110 cm³/mol. The molecule has 0 aliphatic carbocycles. The second-order valence-corrected chi connectivity index (χ2v) is 8.00. The van der Waals surface area contributed by atoms with Crippen LogP contribution in [0, 0.1) is 5.82 Å². The van der Waals surface area contributed by atoms with Gasteiger partial charge < -0.3 is 19.3 Å². The Morgan fingerprint density at radius 1 is 1.27 bits per heavy atom. The minimum atomic E-state index is -0.388. The zero-order valence-electron chi connectivity index (χ0n) is 17.4. The third-order valence-corrected chi connectivity index (χ3v) is 5.78. The van der Waals surface area contributed by atoms with Gasteiger partial charge in [-0.3, -0.25) is 9.48 Å². The molecule has 162 valence electrons. The van der Waals surface area contributed by atoms with Crippen molar-refractivity contribution in [2.75, 3.05) is 39.4 Å². The number of aryl methyl sites for hydroxylation is 1. The fraction of sp³-hybridized carbons (Fsp3) is 0.545. The van der Waals surface area contributed by atoms with Crippen LogP contribution in [0.5, 0.6) is 5.75 Å². The summed E-state index contributed by atoms with van der Waals surface area (Å²) in [7, 11) is 1.87. The standard InChI is InChI=1S/C22H29FN4O3/c1-25-14-17(13-24-25)22-20(15-26-8-3-2-4-9-26)29-11-10-27(22)21(28)16-30-19-7-5-6-18(23)12-19/h5-7,12-14,20,22H,2-4,8-11,15-16H2,1H3/t20-,22-/m0/s1. The Morgan fingerprint density at radius 3 is 2.83 bits per heavy atom. The molecule has 8 heteroatoms. The molecule has 0 bridgehead atoms. The molecule has 3 heterocycles. The van der Waals surface area contributed by atoms with Gasteiger partial charge in [0.15, 0.2) is 6.61 Å². The van der Waals surface area contributed by atoms with Crippen molar-refractivity contribution in [2.24, 2.45) is 7.05 Å². The Kier molecular flexibility index (Phi) is 6.64. The van der Waals surface area contributed by atoms with Gasteiger partial charge >= 0.3 is 0 Å². The fourth-order valence-corrected chi connectivity index (χ4v) is 4.33. The largest absolute Gasteiger partial charge is 0.484 e. The number of ether oxygens (including phenoxy) is 2. The molecule has 0 unspecified atom stereocenters. The highest BCUT2D eigenvalue weighted by Crippen LogP contribution is 2.31. The molecule has 2 aliphatic heterocycles. The Morgan fingerprint density at radius 2 is 2.10 bits per heavy atom. The van der Waals surface area contributed by atoms with E-state index in [0.717, 1.165) is 25.2 Å². The van der Waals surface area contributed by atoms with Gasteiger partial charge in [-0.05, 0) is 38.1 Å². The highest BCUT2D eigenvalue weighted by Gasteiger charge is 2.38. The molecule has 1 aromatic heterocycles. The van der Waals surface area contributed by atoms with Crippen LogP contribution in [-0.4, -0.2) is 71.0 Å². The molecule has 2 aliphatic rings. The normalized spacial score (nSPS) is 22.8. The molecule has 1 amide bonds. The number of carbonyl (C=O) groups is 1. The first-order valence-corrected chi connectivity index (χ1v) is 10.6. The second-order valence-electron chi connectivity index (χ2n) is 8.00. The van der Waals surface area contributed by atoms with Crippen LogP contribution in [0.15, 0.2) is 36.7 Å². The number of amides is 1. The van der Waals surface area contributed by atoms with Crippen LogP contribution in [0.25, 0.3) is 0 Å². The van der Waals surface area contributed by atoms with Gasteiger partial charge in [-0.15, -0.1) is 0 Å². The molecule has 0 N–H and O–H groups in total. The number of carbonyl (C=O) groups excluding carboxylic acids is 1. The summed E-state index contributed by atoms with van der Waals surface area (Å²) in [6.45, 7) is 3.75. The SMILES string of the molecule is Cn1cc([C@H]2[C@H](CN3CCCCC3)OCCN2C(=O)COc2cccc(F)c2)cn1. The molecular formula is C22H29FN4O3. The van der Waals surface area contributed by atoms with Crippen LogP contribution >= 0.6 is 0 Å². The molecule has 2 atom stereocenters. The van der Waals surface area contributed by atoms with Crippen LogP contribution in [-0.2, 0) is 16.6 Å². The molecule has 0 radical (unpaired) electrons. The van der Waals surface area contributed by atoms with E-state index >= 15 is 0 Å². The first kappa shape index (κ1) is 20.8. The monoisotopic (exact) mass is 416 g/mol. The summed E-state index contributed by atoms with van der Waals surface area (Å²) in [6.07, 6.45) is 7.30. The first-order chi connectivity index (χ1) is 14.6. The highest BCUT2D eigenvalue weighted by atomic mass is 19.1. The van der Waals surface area contributed by atoms with E-state index in [9.17, 15) is 9.18 Å². The lowest BCUT2D eigenvalue weighted by Gasteiger charge is -2.43. The molecule has 2 fully saturated rings. The van der Waals surface area contributed by atoms with Gasteiger partial charge in [0, 0.05) is 38.0 Å². The van der Waals surface area contributed by atoms with Gasteiger partial charge in [-0.25, -0.2) is 4.39 Å². The minimum absolute atomic E-state index is 0.126. The molecule has 0 saturated carbocycles. The van der Waals surface area contributed by atoms with E-state index < -0.39 is 0 Å². The summed E-state index contributed by atoms with van der Waals surface area (Å²) in [4.78, 5) is 17.3. The zero-order chi connectivity index (χ0) is 20.9. The van der Waals surface area contributed by atoms with E-state index in [1.807, 2.05) is 18.1 Å². The molecular weight excluding hydrogens is 387 g/mol. The maximum absolute atomic E-state index is 13.4. The van der Waals surface area contributed by atoms with E-state index in [4.69, 9.17) is 9.47 Å². The van der Waals surface area contributed by atoms with Gasteiger partial charge in [0.05, 0.1) is 24.9 Å². The number of likely N-dealkylation sites (tertiary alicyclic amines) is 1. The number of hydrogen-bond acceptors (Lipinski definition) is 5. The van der Waals surface area contributed by atoms with Gasteiger partial charge in [-0.1, -0.05) is 12.5 Å². The number of morpholine rings is 1. The molecule has 4 rings (SSSR count). The van der Waals surface area contributed by atoms with Crippen molar-refractivity contribution >= 4 is 5.91 Å². The van der Waals surface area contributed by atoms with E-state index in [-0.39, 0.29) is 30.5 Å². The highest BCUT2D eigenvalue weighted by molar-refractivity contribution is 5.78. The number of nitrogens with zero attached hydrogens (tertiary/aromatic N) is 4. The van der Waals surface area contributed by atoms with Gasteiger partial charge in [0.1, 0.15) is 11.6 Å². The zero-order valence-corrected chi connectivity index (χ0v) is 17.4. The van der Waals surface area contributed by atoms with Crippen molar-refractivity contribution in [1.29, 1.82) is 0 Å². The fourth-order valence-electron chi connectivity index (χ4n) is 4.33. The van der Waals surface area contributed by atoms with Crippen LogP contribution in [0.3, 0.4) is 0 Å². The summed E-state index contributed by atoms with van der Waals surface area (Å²) >= 11 is 0. The molecule has 2 aromatic rings. The van der Waals surface area contributed by atoms with Crippen LogP contribution in [0.1, 0.15) is 30.9 Å². The average molecular weight is 416 g/mol. The lowest BCUT2D eigenvalue weighted by atomic mass is 9.99. The number of aromatic nitrogens is 2. The maximum Gasteiger partial charge on any atom is 0.261 e. The second kappa shape index (κ2) is 9.57. The molecule has 1 aromatic carbocycles. The Bertz CT molecular complexity index is 852. The Balaban J connectivity index is 1.49. The summed E-state index contributed by atoms with van der Waals surface area (Å²) in [6, 6.07) is 5.62. The summed E-state index contributed by atoms with van der Waals surface area (Å²) in [5.41, 5.74) is 0.957. The smallest absolute Gasteiger partial charge is 0.261 e. The number of piperidine rings is 1. The van der Waals surface area contributed by atoms with Crippen molar-refractivity contribution in [3.05, 3.63) is 48.0 Å². The summed E-state index contributed by atoms with van der Waals surface area (Å²) in [5.74, 6) is -0.180. The number of hydrogen-bond donors (Lipinski definition) is 0. The number of rotatable bonds is 6. The number of benzene rings is 1. The quantitative estimate of drug-likeness (QED) is 0.724. The number of halogens is 1. The van der Waals surface area contributed by atoms with Crippen molar-refractivity contribution < 1.29 is 18.7 Å². The van der Waals surface area contributed by atoms with Crippen LogP contribution in [0.2, 0.25) is 0 Å². The van der Waals surface area contributed by atoms with Crippen LogP contribution in [0.4, 0.5) is 4.39 Å². The van der Waals surface area contributed by atoms with Gasteiger partial charge in [0.25, 0.3) is 5.91 Å². The molecule has 2 saturated heterocycles. The maximum atomic E-state index is 13.4. The molecule has 0 spiro atoms. The average Bonchev–Trinajstić information content (AvgIpc) is 3.18. The van der Waals surface area contributed by atoms with Gasteiger partial charge in [0.2, 0.25) is 0 Å². The Hall–Kier alpha value is -2.45. The van der Waals surface area contributed by atoms with Crippen molar-refractivity contribution in [3.8, 4) is 5.75 Å². The third kappa shape index (κ3) is 4.99. The topological polar surface area (TPSA) is 59.8 Å². The predicted octanol–water partition coefficient (Wildman–Crippen LogP) is 2.39. The lowest BCUT2D eigenvalue weighted by Crippen LogP contribution is -2.53. The Labute approximate surface area is 176 Å². The molecule has 7 nitrogen and oxygen atoms in total. The molecule has 30 heavy (non-hydrogen) atoms. The van der Waals surface area contributed by atoms with E-state index in [1.54, 1.807) is 23.0 Å². The van der Waals surface area contributed by atoms with Crippen molar-refractivity contribution in [1.82, 2.24) is 19.6 Å². The van der Waals surface area contributed by atoms with E-state index in [0.29, 0.717) is 18.9 Å². The van der Waals surface area contributed by atoms with E-state index in [2.05, 4.69) is 10.00 Å². The van der Waals surface area contributed by atoms with Crippen LogP contribution < -0.4 is 4.74 Å². The van der Waals surface area contributed by atoms with Gasteiger partial charge in [-0.2, -0.15) is 5.10 Å². The third-order valence-electron chi connectivity index (χ3n) is 5.78.